The van der Waals surface area contributed by atoms with Crippen molar-refractivity contribution in [2.75, 3.05) is 14.2 Å². The highest BCUT2D eigenvalue weighted by molar-refractivity contribution is 6.49. The first kappa shape index (κ1) is 18.0. The molecule has 0 aliphatic rings. The van der Waals surface area contributed by atoms with Crippen LogP contribution >= 0.6 is 34.8 Å². The number of halogens is 6. The number of hydrogen-bond donors (Lipinski definition) is 0. The lowest BCUT2D eigenvalue weighted by atomic mass is 10.0. The first-order valence-electron chi connectivity index (χ1n) is 6.04. The summed E-state index contributed by atoms with van der Waals surface area (Å²) < 4.78 is 48.8. The molecule has 0 bridgehead atoms. The van der Waals surface area contributed by atoms with Crippen LogP contribution in [0.25, 0.3) is 11.1 Å². The summed E-state index contributed by atoms with van der Waals surface area (Å²) in [5.41, 5.74) is -0.714. The molecule has 23 heavy (non-hydrogen) atoms. The predicted molar refractivity (Wildman–Crippen MR) is 82.8 cm³/mol. The number of ether oxygens (including phenoxy) is 2. The highest BCUT2D eigenvalue weighted by Gasteiger charge is 2.35. The second-order valence-corrected chi connectivity index (χ2v) is 5.48. The van der Waals surface area contributed by atoms with Crippen LogP contribution in [0.1, 0.15) is 5.69 Å². The van der Waals surface area contributed by atoms with Crippen molar-refractivity contribution in [3.8, 4) is 22.8 Å². The molecule has 3 nitrogen and oxygen atoms in total. The molecule has 0 aliphatic carbocycles. The normalized spacial score (nSPS) is 11.5. The van der Waals surface area contributed by atoms with E-state index in [9.17, 15) is 13.2 Å². The Hall–Kier alpha value is -1.37. The zero-order chi connectivity index (χ0) is 17.4. The van der Waals surface area contributed by atoms with Crippen molar-refractivity contribution >= 4 is 34.8 Å². The van der Waals surface area contributed by atoms with E-state index in [4.69, 9.17) is 44.3 Å². The zero-order valence-corrected chi connectivity index (χ0v) is 14.0. The van der Waals surface area contributed by atoms with E-state index >= 15 is 0 Å². The van der Waals surface area contributed by atoms with Crippen molar-refractivity contribution in [2.24, 2.45) is 0 Å². The quantitative estimate of drug-likeness (QED) is 0.630. The minimum Gasteiger partial charge on any atom is -0.496 e. The van der Waals surface area contributed by atoms with E-state index in [2.05, 4.69) is 4.98 Å². The van der Waals surface area contributed by atoms with Crippen LogP contribution in [0.15, 0.2) is 18.2 Å². The molecule has 0 amide bonds. The molecule has 0 fully saturated rings. The van der Waals surface area contributed by atoms with Crippen LogP contribution in [0.5, 0.6) is 11.6 Å². The number of nitrogens with zero attached hydrogens (tertiary/aromatic N) is 1. The Bertz CT molecular complexity index is 726. The van der Waals surface area contributed by atoms with Crippen LogP contribution in [0.4, 0.5) is 13.2 Å². The Morgan fingerprint density at radius 1 is 1.00 bits per heavy atom. The summed E-state index contributed by atoms with van der Waals surface area (Å²) in [4.78, 5) is 3.48. The predicted octanol–water partition coefficient (Wildman–Crippen LogP) is 5.74. The molecule has 0 unspecified atom stereocenters. The molecule has 0 radical (unpaired) electrons. The summed E-state index contributed by atoms with van der Waals surface area (Å²) in [5.74, 6) is -0.401. The number of rotatable bonds is 3. The minimum atomic E-state index is -4.65. The largest absolute Gasteiger partial charge is 0.496 e. The maximum atomic E-state index is 12.9. The lowest BCUT2D eigenvalue weighted by molar-refractivity contribution is -0.141. The molecule has 0 aliphatic heterocycles. The Balaban J connectivity index is 2.79. The fourth-order valence-electron chi connectivity index (χ4n) is 1.92. The third-order valence-electron chi connectivity index (χ3n) is 2.96. The van der Waals surface area contributed by atoms with Crippen molar-refractivity contribution in [2.45, 2.75) is 6.18 Å². The van der Waals surface area contributed by atoms with E-state index < -0.39 is 11.9 Å². The van der Waals surface area contributed by atoms with Crippen LogP contribution in [0.2, 0.25) is 15.1 Å². The van der Waals surface area contributed by atoms with Gasteiger partial charge in [0, 0.05) is 11.6 Å². The van der Waals surface area contributed by atoms with Crippen LogP contribution in [0, 0.1) is 0 Å². The van der Waals surface area contributed by atoms with E-state index in [1.807, 2.05) is 0 Å². The van der Waals surface area contributed by atoms with E-state index in [-0.39, 0.29) is 37.8 Å². The first-order valence-corrected chi connectivity index (χ1v) is 7.18. The van der Waals surface area contributed by atoms with Gasteiger partial charge in [0.1, 0.15) is 5.75 Å². The molecular weight excluding hydrogens is 378 g/mol. The van der Waals surface area contributed by atoms with E-state index in [1.165, 1.54) is 26.4 Å². The number of hydrogen-bond acceptors (Lipinski definition) is 3. The third kappa shape index (κ3) is 3.44. The molecule has 0 N–H and O–H groups in total. The number of aromatic nitrogens is 1. The topological polar surface area (TPSA) is 31.4 Å². The van der Waals surface area contributed by atoms with Crippen LogP contribution < -0.4 is 9.47 Å². The Morgan fingerprint density at radius 3 is 2.17 bits per heavy atom. The van der Waals surface area contributed by atoms with Gasteiger partial charge in [0.2, 0.25) is 5.88 Å². The smallest absolute Gasteiger partial charge is 0.433 e. The number of alkyl halides is 3. The molecule has 2 rings (SSSR count). The molecule has 0 saturated heterocycles. The molecule has 9 heteroatoms. The van der Waals surface area contributed by atoms with Crippen molar-refractivity contribution in [3.63, 3.8) is 0 Å². The van der Waals surface area contributed by atoms with Gasteiger partial charge in [0.25, 0.3) is 0 Å². The number of pyridine rings is 1. The second-order valence-electron chi connectivity index (χ2n) is 4.31. The van der Waals surface area contributed by atoms with Gasteiger partial charge in [-0.2, -0.15) is 13.2 Å². The Morgan fingerprint density at radius 2 is 1.65 bits per heavy atom. The molecule has 124 valence electrons. The number of benzene rings is 1. The van der Waals surface area contributed by atoms with Gasteiger partial charge in [-0.1, -0.05) is 40.9 Å². The van der Waals surface area contributed by atoms with Gasteiger partial charge in [0.05, 0.1) is 34.9 Å². The monoisotopic (exact) mass is 385 g/mol. The fraction of sp³-hybridized carbons (Fsp3) is 0.214. The van der Waals surface area contributed by atoms with E-state index in [0.717, 1.165) is 6.07 Å². The first-order chi connectivity index (χ1) is 10.7. The highest BCUT2D eigenvalue weighted by atomic mass is 35.5. The summed E-state index contributed by atoms with van der Waals surface area (Å²) in [5, 5.41) is 0.324. The highest BCUT2D eigenvalue weighted by Crippen LogP contribution is 2.46. The van der Waals surface area contributed by atoms with Crippen molar-refractivity contribution in [1.82, 2.24) is 4.98 Å². The molecule has 0 spiro atoms. The maximum Gasteiger partial charge on any atom is 0.433 e. The SMILES string of the molecule is COc1cc(C(F)(F)F)nc(OC)c1-c1ccc(Cl)c(Cl)c1Cl. The van der Waals surface area contributed by atoms with Crippen LogP contribution in [0.3, 0.4) is 0 Å². The molecule has 1 aromatic carbocycles. The van der Waals surface area contributed by atoms with Gasteiger partial charge < -0.3 is 9.47 Å². The van der Waals surface area contributed by atoms with Gasteiger partial charge in [-0.3, -0.25) is 0 Å². The lowest BCUT2D eigenvalue weighted by Crippen LogP contribution is -2.10. The van der Waals surface area contributed by atoms with E-state index in [0.29, 0.717) is 0 Å². The zero-order valence-electron chi connectivity index (χ0n) is 11.8. The summed E-state index contributed by atoms with van der Waals surface area (Å²) in [7, 11) is 2.42. The van der Waals surface area contributed by atoms with Gasteiger partial charge in [0.15, 0.2) is 5.69 Å². The van der Waals surface area contributed by atoms with Gasteiger partial charge in [-0.05, 0) is 6.07 Å². The molecule has 0 saturated carbocycles. The average Bonchev–Trinajstić information content (AvgIpc) is 2.51. The summed E-state index contributed by atoms with van der Waals surface area (Å²) in [6.07, 6.45) is -4.65. The third-order valence-corrected chi connectivity index (χ3v) is 4.25. The molecule has 2 aromatic rings. The van der Waals surface area contributed by atoms with Gasteiger partial charge in [-0.25, -0.2) is 4.98 Å². The maximum absolute atomic E-state index is 12.9. The standard InChI is InChI=1S/C14H9Cl3F3NO2/c1-22-8-5-9(14(18,19)20)21-13(23-2)10(8)6-3-4-7(15)12(17)11(6)16/h3-5H,1-2H3. The Kier molecular flexibility index (Phi) is 5.18. The summed E-state index contributed by atoms with van der Waals surface area (Å²) in [6, 6.07) is 3.71. The average molecular weight is 387 g/mol. The molecule has 0 atom stereocenters. The van der Waals surface area contributed by atoms with Crippen molar-refractivity contribution in [3.05, 3.63) is 39.0 Å². The van der Waals surface area contributed by atoms with Crippen molar-refractivity contribution < 1.29 is 22.6 Å². The second kappa shape index (κ2) is 6.63. The summed E-state index contributed by atoms with van der Waals surface area (Å²) in [6.45, 7) is 0. The number of methoxy groups -OCH3 is 2. The van der Waals surface area contributed by atoms with E-state index in [1.54, 1.807) is 0 Å². The van der Waals surface area contributed by atoms with Gasteiger partial charge >= 0.3 is 6.18 Å². The molecule has 1 heterocycles. The summed E-state index contributed by atoms with van der Waals surface area (Å²) >= 11 is 18.0. The molecule has 1 aromatic heterocycles. The molecular formula is C14H9Cl3F3NO2. The van der Waals surface area contributed by atoms with Crippen molar-refractivity contribution in [1.29, 1.82) is 0 Å². The van der Waals surface area contributed by atoms with Crippen LogP contribution in [-0.4, -0.2) is 19.2 Å². The van der Waals surface area contributed by atoms with Crippen LogP contribution in [-0.2, 0) is 6.18 Å². The minimum absolute atomic E-state index is 0.0531. The lowest BCUT2D eigenvalue weighted by Gasteiger charge is -2.17. The van der Waals surface area contributed by atoms with Gasteiger partial charge in [-0.15, -0.1) is 0 Å². The Labute approximate surface area is 144 Å². The fourth-order valence-corrected chi connectivity index (χ4v) is 2.55.